The van der Waals surface area contributed by atoms with Crippen molar-refractivity contribution < 1.29 is 9.53 Å². The molecular formula is C14H21ClN2O2. The highest BCUT2D eigenvalue weighted by Gasteiger charge is 2.09. The van der Waals surface area contributed by atoms with Gasteiger partial charge in [0.2, 0.25) is 5.91 Å². The summed E-state index contributed by atoms with van der Waals surface area (Å²) in [5, 5.41) is 3.26. The third-order valence-corrected chi connectivity index (χ3v) is 3.17. The first-order valence-electron chi connectivity index (χ1n) is 6.36. The van der Waals surface area contributed by atoms with Crippen LogP contribution in [0.5, 0.6) is 0 Å². The van der Waals surface area contributed by atoms with Gasteiger partial charge in [0.25, 0.3) is 0 Å². The molecular weight excluding hydrogens is 264 g/mol. The zero-order valence-corrected chi connectivity index (χ0v) is 12.3. The van der Waals surface area contributed by atoms with Gasteiger partial charge in [-0.1, -0.05) is 25.4 Å². The van der Waals surface area contributed by atoms with E-state index in [1.165, 1.54) is 0 Å². The minimum atomic E-state index is -0.134. The number of amides is 1. The maximum Gasteiger partial charge on any atom is 0.226 e. The molecule has 1 unspecified atom stereocenters. The van der Waals surface area contributed by atoms with Gasteiger partial charge in [0.05, 0.1) is 30.5 Å². The van der Waals surface area contributed by atoms with Crippen LogP contribution in [0, 0.1) is 5.92 Å². The van der Waals surface area contributed by atoms with Crippen molar-refractivity contribution in [3.8, 4) is 0 Å². The second-order valence-electron chi connectivity index (χ2n) is 4.85. The molecule has 0 heterocycles. The molecule has 106 valence electrons. The molecule has 1 atom stereocenters. The largest absolute Gasteiger partial charge is 0.397 e. The third-order valence-electron chi connectivity index (χ3n) is 2.94. The number of rotatable bonds is 6. The summed E-state index contributed by atoms with van der Waals surface area (Å²) in [6.07, 6.45) is 0.437. The Morgan fingerprint density at radius 2 is 2.11 bits per heavy atom. The fourth-order valence-electron chi connectivity index (χ4n) is 1.38. The summed E-state index contributed by atoms with van der Waals surface area (Å²) in [4.78, 5) is 11.7. The van der Waals surface area contributed by atoms with Crippen LogP contribution < -0.4 is 11.1 Å². The van der Waals surface area contributed by atoms with Gasteiger partial charge in [0, 0.05) is 5.02 Å². The first-order chi connectivity index (χ1) is 8.90. The highest BCUT2D eigenvalue weighted by molar-refractivity contribution is 6.31. The number of halogens is 1. The predicted octanol–water partition coefficient (Wildman–Crippen LogP) is 3.31. The first kappa shape index (κ1) is 15.8. The van der Waals surface area contributed by atoms with Crippen molar-refractivity contribution in [3.05, 3.63) is 23.2 Å². The Hall–Kier alpha value is -1.26. The molecule has 0 aliphatic rings. The molecule has 0 aliphatic heterocycles. The van der Waals surface area contributed by atoms with Crippen LogP contribution in [-0.4, -0.2) is 18.6 Å². The summed E-state index contributed by atoms with van der Waals surface area (Å²) in [5.41, 5.74) is 6.78. The van der Waals surface area contributed by atoms with Crippen molar-refractivity contribution in [1.82, 2.24) is 0 Å². The van der Waals surface area contributed by atoms with E-state index in [2.05, 4.69) is 19.2 Å². The van der Waals surface area contributed by atoms with E-state index in [-0.39, 0.29) is 12.0 Å². The highest BCUT2D eigenvalue weighted by Crippen LogP contribution is 2.22. The van der Waals surface area contributed by atoms with Crippen LogP contribution >= 0.6 is 11.6 Å². The van der Waals surface area contributed by atoms with E-state index in [9.17, 15) is 4.79 Å². The lowest BCUT2D eigenvalue weighted by molar-refractivity contribution is -0.117. The van der Waals surface area contributed by atoms with Gasteiger partial charge in [-0.25, -0.2) is 0 Å². The number of hydrogen-bond donors (Lipinski definition) is 2. The Morgan fingerprint density at radius 3 is 2.74 bits per heavy atom. The van der Waals surface area contributed by atoms with Gasteiger partial charge in [-0.05, 0) is 31.0 Å². The molecule has 0 saturated heterocycles. The van der Waals surface area contributed by atoms with Gasteiger partial charge >= 0.3 is 0 Å². The van der Waals surface area contributed by atoms with Gasteiger partial charge in [-0.3, -0.25) is 4.79 Å². The van der Waals surface area contributed by atoms with Crippen molar-refractivity contribution in [2.45, 2.75) is 33.3 Å². The molecule has 0 spiro atoms. The first-order valence-corrected chi connectivity index (χ1v) is 6.74. The van der Waals surface area contributed by atoms with Crippen LogP contribution in [0.1, 0.15) is 27.2 Å². The lowest BCUT2D eigenvalue weighted by Crippen LogP contribution is -2.20. The molecule has 1 rings (SSSR count). The van der Waals surface area contributed by atoms with E-state index in [0.29, 0.717) is 35.3 Å². The monoisotopic (exact) mass is 284 g/mol. The van der Waals surface area contributed by atoms with E-state index in [4.69, 9.17) is 22.1 Å². The SMILES string of the molecule is CC(C)C(C)OCCC(=O)Nc1cc(Cl)ccc1N. The van der Waals surface area contributed by atoms with Crippen molar-refractivity contribution in [2.24, 2.45) is 5.92 Å². The minimum Gasteiger partial charge on any atom is -0.397 e. The molecule has 19 heavy (non-hydrogen) atoms. The average Bonchev–Trinajstić information content (AvgIpc) is 2.33. The number of hydrogen-bond acceptors (Lipinski definition) is 3. The fourth-order valence-corrected chi connectivity index (χ4v) is 1.55. The smallest absolute Gasteiger partial charge is 0.226 e. The van der Waals surface area contributed by atoms with E-state index in [0.717, 1.165) is 0 Å². The second-order valence-corrected chi connectivity index (χ2v) is 5.29. The van der Waals surface area contributed by atoms with Gasteiger partial charge in [-0.15, -0.1) is 0 Å². The van der Waals surface area contributed by atoms with Crippen molar-refractivity contribution in [2.75, 3.05) is 17.7 Å². The molecule has 3 N–H and O–H groups in total. The number of benzene rings is 1. The molecule has 1 aromatic carbocycles. The summed E-state index contributed by atoms with van der Waals surface area (Å²) >= 11 is 5.85. The van der Waals surface area contributed by atoms with Gasteiger partial charge in [-0.2, -0.15) is 0 Å². The number of ether oxygens (including phenoxy) is 1. The summed E-state index contributed by atoms with van der Waals surface area (Å²) in [7, 11) is 0. The molecule has 0 fully saturated rings. The van der Waals surface area contributed by atoms with Crippen LogP contribution in [0.3, 0.4) is 0 Å². The van der Waals surface area contributed by atoms with Crippen molar-refractivity contribution in [1.29, 1.82) is 0 Å². The van der Waals surface area contributed by atoms with Gasteiger partial charge < -0.3 is 15.8 Å². The van der Waals surface area contributed by atoms with Crippen LogP contribution in [0.4, 0.5) is 11.4 Å². The average molecular weight is 285 g/mol. The lowest BCUT2D eigenvalue weighted by atomic mass is 10.1. The van der Waals surface area contributed by atoms with E-state index in [1.807, 2.05) is 6.92 Å². The summed E-state index contributed by atoms with van der Waals surface area (Å²) in [6, 6.07) is 4.97. The van der Waals surface area contributed by atoms with Gasteiger partial charge in [0.15, 0.2) is 0 Å². The van der Waals surface area contributed by atoms with Crippen LogP contribution in [0.2, 0.25) is 5.02 Å². The Bertz CT molecular complexity index is 435. The normalized spacial score (nSPS) is 12.5. The fraction of sp³-hybridized carbons (Fsp3) is 0.500. The molecule has 1 amide bonds. The van der Waals surface area contributed by atoms with Crippen LogP contribution in [-0.2, 0) is 9.53 Å². The third kappa shape index (κ3) is 5.49. The van der Waals surface area contributed by atoms with E-state index < -0.39 is 0 Å². The van der Waals surface area contributed by atoms with Crippen LogP contribution in [0.15, 0.2) is 18.2 Å². The standard InChI is InChI=1S/C14H21ClN2O2/c1-9(2)10(3)19-7-6-14(18)17-13-8-11(15)4-5-12(13)16/h4-5,8-10H,6-7,16H2,1-3H3,(H,17,18). The minimum absolute atomic E-state index is 0.134. The summed E-state index contributed by atoms with van der Waals surface area (Å²) in [5.74, 6) is 0.302. The number of anilines is 2. The molecule has 0 radical (unpaired) electrons. The zero-order valence-electron chi connectivity index (χ0n) is 11.6. The van der Waals surface area contributed by atoms with Crippen molar-refractivity contribution in [3.63, 3.8) is 0 Å². The molecule has 0 saturated carbocycles. The molecule has 0 aliphatic carbocycles. The second kappa shape index (κ2) is 7.36. The maximum absolute atomic E-state index is 11.7. The number of nitrogens with one attached hydrogen (secondary N) is 1. The number of carbonyl (C=O) groups is 1. The molecule has 1 aromatic rings. The summed E-state index contributed by atoms with van der Waals surface area (Å²) < 4.78 is 5.55. The Balaban J connectivity index is 2.41. The molecule has 4 nitrogen and oxygen atoms in total. The summed E-state index contributed by atoms with van der Waals surface area (Å²) in [6.45, 7) is 6.55. The quantitative estimate of drug-likeness (QED) is 0.788. The van der Waals surface area contributed by atoms with Gasteiger partial charge in [0.1, 0.15) is 0 Å². The van der Waals surface area contributed by atoms with E-state index in [1.54, 1.807) is 18.2 Å². The maximum atomic E-state index is 11.7. The Morgan fingerprint density at radius 1 is 1.42 bits per heavy atom. The topological polar surface area (TPSA) is 64.3 Å². The number of nitrogen functional groups attached to an aromatic ring is 1. The number of carbonyl (C=O) groups excluding carboxylic acids is 1. The van der Waals surface area contributed by atoms with Crippen LogP contribution in [0.25, 0.3) is 0 Å². The highest BCUT2D eigenvalue weighted by atomic mass is 35.5. The molecule has 0 bridgehead atoms. The molecule has 5 heteroatoms. The number of nitrogens with two attached hydrogens (primary N) is 1. The lowest BCUT2D eigenvalue weighted by Gasteiger charge is -2.16. The molecule has 0 aromatic heterocycles. The zero-order chi connectivity index (χ0) is 14.4. The predicted molar refractivity (Wildman–Crippen MR) is 79.4 cm³/mol. The Labute approximate surface area is 119 Å². The van der Waals surface area contributed by atoms with E-state index >= 15 is 0 Å². The Kier molecular flexibility index (Phi) is 6.12. The van der Waals surface area contributed by atoms with Crippen molar-refractivity contribution >= 4 is 28.9 Å².